The molecule has 1 amide bonds. The van der Waals surface area contributed by atoms with Crippen LogP contribution in [0.25, 0.3) is 0 Å². The normalized spacial score (nSPS) is 12.4. The van der Waals surface area contributed by atoms with Crippen molar-refractivity contribution < 1.29 is 22.9 Å². The van der Waals surface area contributed by atoms with Crippen molar-refractivity contribution in [3.8, 4) is 5.75 Å². The van der Waals surface area contributed by atoms with Gasteiger partial charge in [-0.15, -0.1) is 0 Å². The molecule has 0 aliphatic carbocycles. The first-order valence-electron chi connectivity index (χ1n) is 8.43. The molecule has 150 valence electrons. The van der Waals surface area contributed by atoms with Gasteiger partial charge in [-0.05, 0) is 57.2 Å². The highest BCUT2D eigenvalue weighted by atomic mass is 32.2. The number of hydrogen-bond donors (Lipinski definition) is 2. The predicted octanol–water partition coefficient (Wildman–Crippen LogP) is 2.69. The summed E-state index contributed by atoms with van der Waals surface area (Å²) in [5.41, 5.74) is 0.332. The van der Waals surface area contributed by atoms with Gasteiger partial charge in [0.2, 0.25) is 10.0 Å². The van der Waals surface area contributed by atoms with Crippen LogP contribution in [-0.2, 0) is 14.8 Å². The maximum absolute atomic E-state index is 12.2. The van der Waals surface area contributed by atoms with Crippen molar-refractivity contribution in [2.45, 2.75) is 37.8 Å². The summed E-state index contributed by atoms with van der Waals surface area (Å²) in [6.45, 7) is 4.97. The van der Waals surface area contributed by atoms with Crippen LogP contribution in [-0.4, -0.2) is 31.4 Å². The minimum Gasteiger partial charge on any atom is -0.481 e. The second-order valence-corrected chi connectivity index (χ2v) is 8.01. The SMILES string of the molecule is CC(C)NS(=O)(=O)c1ccc(NC(=O)[C@H](C)Oc2ccc([N+](=O)[O-])cc2)cc1. The molecule has 2 N–H and O–H groups in total. The molecule has 10 heteroatoms. The van der Waals surface area contributed by atoms with E-state index < -0.39 is 27.0 Å². The third kappa shape index (κ3) is 5.76. The van der Waals surface area contributed by atoms with Gasteiger partial charge in [-0.1, -0.05) is 0 Å². The number of nitro benzene ring substituents is 1. The van der Waals surface area contributed by atoms with Crippen molar-refractivity contribution in [1.29, 1.82) is 0 Å². The van der Waals surface area contributed by atoms with Crippen LogP contribution in [0.3, 0.4) is 0 Å². The summed E-state index contributed by atoms with van der Waals surface area (Å²) in [7, 11) is -3.61. The minimum absolute atomic E-state index is 0.0774. The van der Waals surface area contributed by atoms with Crippen LogP contribution in [0.15, 0.2) is 53.4 Å². The van der Waals surface area contributed by atoms with Gasteiger partial charge < -0.3 is 10.1 Å². The lowest BCUT2D eigenvalue weighted by molar-refractivity contribution is -0.384. The van der Waals surface area contributed by atoms with E-state index in [1.165, 1.54) is 55.5 Å². The molecule has 0 radical (unpaired) electrons. The average Bonchev–Trinajstić information content (AvgIpc) is 2.61. The fourth-order valence-corrected chi connectivity index (χ4v) is 3.49. The van der Waals surface area contributed by atoms with Crippen molar-refractivity contribution in [3.05, 3.63) is 58.6 Å². The molecule has 2 aromatic rings. The molecule has 9 nitrogen and oxygen atoms in total. The van der Waals surface area contributed by atoms with Crippen molar-refractivity contribution in [3.63, 3.8) is 0 Å². The van der Waals surface area contributed by atoms with Crippen LogP contribution in [0.2, 0.25) is 0 Å². The summed E-state index contributed by atoms with van der Waals surface area (Å²) >= 11 is 0. The molecule has 0 saturated heterocycles. The molecule has 0 aromatic heterocycles. The van der Waals surface area contributed by atoms with E-state index in [2.05, 4.69) is 10.0 Å². The van der Waals surface area contributed by atoms with Gasteiger partial charge in [0, 0.05) is 23.9 Å². The van der Waals surface area contributed by atoms with Gasteiger partial charge in [0.05, 0.1) is 9.82 Å². The van der Waals surface area contributed by atoms with Crippen LogP contribution >= 0.6 is 0 Å². The third-order valence-electron chi connectivity index (χ3n) is 3.55. The zero-order chi connectivity index (χ0) is 20.9. The van der Waals surface area contributed by atoms with Gasteiger partial charge >= 0.3 is 0 Å². The monoisotopic (exact) mass is 407 g/mol. The summed E-state index contributed by atoms with van der Waals surface area (Å²) in [6.07, 6.45) is -0.868. The molecule has 0 saturated carbocycles. The van der Waals surface area contributed by atoms with E-state index in [0.717, 1.165) is 0 Å². The first kappa shape index (κ1) is 21.3. The Balaban J connectivity index is 1.99. The molecular weight excluding hydrogens is 386 g/mol. The van der Waals surface area contributed by atoms with E-state index >= 15 is 0 Å². The molecule has 0 heterocycles. The second kappa shape index (κ2) is 8.81. The fourth-order valence-electron chi connectivity index (χ4n) is 2.24. The van der Waals surface area contributed by atoms with Crippen molar-refractivity contribution >= 4 is 27.3 Å². The summed E-state index contributed by atoms with van der Waals surface area (Å²) in [6, 6.07) is 10.9. The molecular formula is C18H21N3O6S. The Morgan fingerprint density at radius 1 is 1.04 bits per heavy atom. The average molecular weight is 407 g/mol. The van der Waals surface area contributed by atoms with E-state index in [-0.39, 0.29) is 16.6 Å². The van der Waals surface area contributed by atoms with Crippen LogP contribution < -0.4 is 14.8 Å². The highest BCUT2D eigenvalue weighted by molar-refractivity contribution is 7.89. The lowest BCUT2D eigenvalue weighted by Gasteiger charge is -2.15. The molecule has 0 fully saturated rings. The first-order valence-corrected chi connectivity index (χ1v) is 9.91. The standard InChI is InChI=1S/C18H21N3O6S/c1-12(2)20-28(25,26)17-10-4-14(5-11-17)19-18(22)13(3)27-16-8-6-15(7-9-16)21(23)24/h4-13,20H,1-3H3,(H,19,22)/t13-/m0/s1. The predicted molar refractivity (Wildman–Crippen MR) is 104 cm³/mol. The van der Waals surface area contributed by atoms with Gasteiger partial charge in [0.1, 0.15) is 5.75 Å². The Kier molecular flexibility index (Phi) is 6.71. The van der Waals surface area contributed by atoms with E-state index in [9.17, 15) is 23.3 Å². The number of hydrogen-bond acceptors (Lipinski definition) is 6. The van der Waals surface area contributed by atoms with E-state index in [0.29, 0.717) is 11.4 Å². The highest BCUT2D eigenvalue weighted by Gasteiger charge is 2.18. The van der Waals surface area contributed by atoms with Crippen LogP contribution in [0.5, 0.6) is 5.75 Å². The Morgan fingerprint density at radius 3 is 2.11 bits per heavy atom. The second-order valence-electron chi connectivity index (χ2n) is 6.30. The molecule has 0 spiro atoms. The molecule has 1 atom stereocenters. The molecule has 0 aliphatic heterocycles. The summed E-state index contributed by atoms with van der Waals surface area (Å²) in [4.78, 5) is 22.5. The number of nitrogens with one attached hydrogen (secondary N) is 2. The van der Waals surface area contributed by atoms with Gasteiger partial charge in [0.15, 0.2) is 6.10 Å². The van der Waals surface area contributed by atoms with Gasteiger partial charge in [-0.2, -0.15) is 0 Å². The molecule has 0 aliphatic rings. The number of nitrogens with zero attached hydrogens (tertiary/aromatic N) is 1. The van der Waals surface area contributed by atoms with Gasteiger partial charge in [-0.3, -0.25) is 14.9 Å². The lowest BCUT2D eigenvalue weighted by Crippen LogP contribution is -2.31. The Hall–Kier alpha value is -2.98. The van der Waals surface area contributed by atoms with E-state index in [1.54, 1.807) is 13.8 Å². The number of carbonyl (C=O) groups excluding carboxylic acids is 1. The highest BCUT2D eigenvalue weighted by Crippen LogP contribution is 2.19. The van der Waals surface area contributed by atoms with Crippen molar-refractivity contribution in [2.75, 3.05) is 5.32 Å². The van der Waals surface area contributed by atoms with Crippen LogP contribution in [0.1, 0.15) is 20.8 Å². The molecule has 28 heavy (non-hydrogen) atoms. The number of carbonyl (C=O) groups is 1. The van der Waals surface area contributed by atoms with E-state index in [4.69, 9.17) is 4.74 Å². The number of sulfonamides is 1. The number of ether oxygens (including phenoxy) is 1. The fraction of sp³-hybridized carbons (Fsp3) is 0.278. The summed E-state index contributed by atoms with van der Waals surface area (Å²) < 4.78 is 32.1. The Labute approximate surface area is 162 Å². The first-order chi connectivity index (χ1) is 13.1. The molecule has 0 bridgehead atoms. The molecule has 2 aromatic carbocycles. The topological polar surface area (TPSA) is 128 Å². The van der Waals surface area contributed by atoms with Crippen molar-refractivity contribution in [2.24, 2.45) is 0 Å². The van der Waals surface area contributed by atoms with Gasteiger partial charge in [0.25, 0.3) is 11.6 Å². The largest absolute Gasteiger partial charge is 0.481 e. The van der Waals surface area contributed by atoms with Crippen LogP contribution in [0, 0.1) is 10.1 Å². The number of amides is 1. The quantitative estimate of drug-likeness (QED) is 0.511. The Morgan fingerprint density at radius 2 is 1.61 bits per heavy atom. The van der Waals surface area contributed by atoms with Gasteiger partial charge in [-0.25, -0.2) is 13.1 Å². The number of anilines is 1. The number of benzene rings is 2. The number of non-ortho nitro benzene ring substituents is 1. The zero-order valence-electron chi connectivity index (χ0n) is 15.6. The Bertz CT molecular complexity index is 940. The number of nitro groups is 1. The van der Waals surface area contributed by atoms with Crippen LogP contribution in [0.4, 0.5) is 11.4 Å². The summed E-state index contributed by atoms with van der Waals surface area (Å²) in [5, 5.41) is 13.3. The van der Waals surface area contributed by atoms with E-state index in [1.807, 2.05) is 0 Å². The molecule has 0 unspecified atom stereocenters. The number of rotatable bonds is 8. The zero-order valence-corrected chi connectivity index (χ0v) is 16.4. The smallest absolute Gasteiger partial charge is 0.269 e. The minimum atomic E-state index is -3.61. The third-order valence-corrected chi connectivity index (χ3v) is 5.23. The summed E-state index contributed by atoms with van der Waals surface area (Å²) in [5.74, 6) is -0.135. The molecule has 2 rings (SSSR count). The maximum atomic E-state index is 12.2. The van der Waals surface area contributed by atoms with Crippen molar-refractivity contribution in [1.82, 2.24) is 4.72 Å². The maximum Gasteiger partial charge on any atom is 0.269 e. The lowest BCUT2D eigenvalue weighted by atomic mass is 10.3.